The number of para-hydroxylation sites is 2. The number of hydrogen-bond donors (Lipinski definition) is 1. The van der Waals surface area contributed by atoms with Crippen molar-refractivity contribution in [3.05, 3.63) is 102 Å². The Balaban J connectivity index is 1.23. The molecular formula is C29H27N3O2. The number of rotatable bonds is 8. The minimum atomic E-state index is 0.480. The lowest BCUT2D eigenvalue weighted by Crippen LogP contribution is -2.08. The van der Waals surface area contributed by atoms with Gasteiger partial charge in [-0.3, -0.25) is 4.98 Å². The highest BCUT2D eigenvalue weighted by molar-refractivity contribution is 6.09. The molecular weight excluding hydrogens is 422 g/mol. The molecule has 0 fully saturated rings. The van der Waals surface area contributed by atoms with Gasteiger partial charge in [0, 0.05) is 17.0 Å². The first-order valence-corrected chi connectivity index (χ1v) is 11.5. The molecule has 0 aliphatic heterocycles. The van der Waals surface area contributed by atoms with Crippen LogP contribution in [0.2, 0.25) is 0 Å². The lowest BCUT2D eigenvalue weighted by molar-refractivity contribution is 0.217. The van der Waals surface area contributed by atoms with Gasteiger partial charge in [-0.25, -0.2) is 4.98 Å². The SMILES string of the molecule is Cc1c(CCc2ccc(OCCOc3ccccc3)cc2)cnc2c(N)nc3ccccc3c12. The number of nitrogen functional groups attached to an aromatic ring is 1. The predicted molar refractivity (Wildman–Crippen MR) is 137 cm³/mol. The Labute approximate surface area is 199 Å². The molecule has 3 aromatic carbocycles. The highest BCUT2D eigenvalue weighted by Gasteiger charge is 2.12. The molecule has 0 amide bonds. The van der Waals surface area contributed by atoms with Gasteiger partial charge in [-0.05, 0) is 66.8 Å². The summed E-state index contributed by atoms with van der Waals surface area (Å²) in [6.45, 7) is 3.16. The van der Waals surface area contributed by atoms with Crippen LogP contribution in [0, 0.1) is 6.92 Å². The normalized spacial score (nSPS) is 11.1. The van der Waals surface area contributed by atoms with Crippen molar-refractivity contribution in [3.8, 4) is 11.5 Å². The molecule has 5 heteroatoms. The summed E-state index contributed by atoms with van der Waals surface area (Å²) in [5.74, 6) is 2.18. The molecule has 2 aromatic heterocycles. The van der Waals surface area contributed by atoms with Crippen LogP contribution >= 0.6 is 0 Å². The molecule has 5 rings (SSSR count). The van der Waals surface area contributed by atoms with Crippen molar-refractivity contribution >= 4 is 27.6 Å². The van der Waals surface area contributed by atoms with E-state index in [0.717, 1.165) is 46.1 Å². The Bertz CT molecular complexity index is 1420. The quantitative estimate of drug-likeness (QED) is 0.235. The lowest BCUT2D eigenvalue weighted by Gasteiger charge is -2.13. The summed E-state index contributed by atoms with van der Waals surface area (Å²) in [6.07, 6.45) is 3.76. The fraction of sp³-hybridized carbons (Fsp3) is 0.172. The third kappa shape index (κ3) is 4.64. The van der Waals surface area contributed by atoms with Crippen molar-refractivity contribution in [1.29, 1.82) is 0 Å². The van der Waals surface area contributed by atoms with Crippen molar-refractivity contribution in [2.24, 2.45) is 0 Å². The van der Waals surface area contributed by atoms with E-state index in [1.807, 2.05) is 66.9 Å². The first kappa shape index (κ1) is 21.7. The van der Waals surface area contributed by atoms with Gasteiger partial charge >= 0.3 is 0 Å². The van der Waals surface area contributed by atoms with Gasteiger partial charge in [0.25, 0.3) is 0 Å². The molecule has 0 radical (unpaired) electrons. The number of ether oxygens (including phenoxy) is 2. The standard InChI is InChI=1S/C29H27N3O2/c1-20-22(19-31-28-27(20)25-9-5-6-10-26(25)32-29(28)30)14-11-21-12-15-24(16-13-21)34-18-17-33-23-7-3-2-4-8-23/h2-10,12-13,15-16,19H,11,14,17-18H2,1H3,(H2,30,32). The first-order valence-electron chi connectivity index (χ1n) is 11.5. The van der Waals surface area contributed by atoms with Gasteiger partial charge in [0.15, 0.2) is 5.82 Å². The van der Waals surface area contributed by atoms with E-state index in [9.17, 15) is 0 Å². The molecule has 5 nitrogen and oxygen atoms in total. The number of nitrogens with zero attached hydrogens (tertiary/aromatic N) is 2. The number of anilines is 1. The number of benzene rings is 3. The molecule has 0 saturated heterocycles. The summed E-state index contributed by atoms with van der Waals surface area (Å²) in [7, 11) is 0. The minimum absolute atomic E-state index is 0.480. The highest BCUT2D eigenvalue weighted by atomic mass is 16.5. The summed E-state index contributed by atoms with van der Waals surface area (Å²) < 4.78 is 11.5. The minimum Gasteiger partial charge on any atom is -0.490 e. The Morgan fingerprint density at radius 3 is 2.21 bits per heavy atom. The van der Waals surface area contributed by atoms with Crippen LogP contribution in [-0.4, -0.2) is 23.2 Å². The zero-order valence-electron chi connectivity index (χ0n) is 19.2. The second kappa shape index (κ2) is 9.79. The van der Waals surface area contributed by atoms with Crippen LogP contribution in [0.4, 0.5) is 5.82 Å². The van der Waals surface area contributed by atoms with Crippen LogP contribution in [0.15, 0.2) is 85.1 Å². The molecule has 0 aliphatic carbocycles. The van der Waals surface area contributed by atoms with Crippen LogP contribution < -0.4 is 15.2 Å². The molecule has 0 spiro atoms. The van der Waals surface area contributed by atoms with Gasteiger partial charge in [-0.1, -0.05) is 48.5 Å². The molecule has 0 unspecified atom stereocenters. The smallest absolute Gasteiger partial charge is 0.150 e. The van der Waals surface area contributed by atoms with Crippen molar-refractivity contribution in [1.82, 2.24) is 9.97 Å². The van der Waals surface area contributed by atoms with E-state index in [0.29, 0.717) is 19.0 Å². The maximum Gasteiger partial charge on any atom is 0.150 e. The molecule has 5 aromatic rings. The summed E-state index contributed by atoms with van der Waals surface area (Å²) in [6, 6.07) is 26.1. The largest absolute Gasteiger partial charge is 0.490 e. The van der Waals surface area contributed by atoms with E-state index in [1.54, 1.807) is 0 Å². The number of pyridine rings is 2. The van der Waals surface area contributed by atoms with Crippen molar-refractivity contribution in [2.45, 2.75) is 19.8 Å². The summed E-state index contributed by atoms with van der Waals surface area (Å²) in [5, 5.41) is 2.19. The van der Waals surface area contributed by atoms with E-state index in [1.165, 1.54) is 16.7 Å². The van der Waals surface area contributed by atoms with E-state index in [2.05, 4.69) is 35.1 Å². The average molecular weight is 450 g/mol. The Morgan fingerprint density at radius 2 is 1.44 bits per heavy atom. The number of nitrogens with two attached hydrogens (primary N) is 1. The number of aromatic nitrogens is 2. The van der Waals surface area contributed by atoms with Crippen molar-refractivity contribution < 1.29 is 9.47 Å². The topological polar surface area (TPSA) is 70.3 Å². The summed E-state index contributed by atoms with van der Waals surface area (Å²) in [4.78, 5) is 9.18. The monoisotopic (exact) mass is 449 g/mol. The molecule has 0 atom stereocenters. The van der Waals surface area contributed by atoms with E-state index < -0.39 is 0 Å². The van der Waals surface area contributed by atoms with Gasteiger partial charge in [0.1, 0.15) is 30.2 Å². The van der Waals surface area contributed by atoms with Crippen LogP contribution in [-0.2, 0) is 12.8 Å². The lowest BCUT2D eigenvalue weighted by atomic mass is 9.97. The van der Waals surface area contributed by atoms with Gasteiger partial charge in [-0.15, -0.1) is 0 Å². The Morgan fingerprint density at radius 1 is 0.765 bits per heavy atom. The zero-order valence-corrected chi connectivity index (χ0v) is 19.2. The maximum atomic E-state index is 6.20. The fourth-order valence-electron chi connectivity index (χ4n) is 4.25. The third-order valence-corrected chi connectivity index (χ3v) is 6.07. The van der Waals surface area contributed by atoms with Crippen LogP contribution in [0.1, 0.15) is 16.7 Å². The molecule has 2 N–H and O–H groups in total. The summed E-state index contributed by atoms with van der Waals surface area (Å²) >= 11 is 0. The number of fused-ring (bicyclic) bond motifs is 3. The van der Waals surface area contributed by atoms with Crippen LogP contribution in [0.3, 0.4) is 0 Å². The zero-order chi connectivity index (χ0) is 23.3. The molecule has 0 saturated carbocycles. The fourth-order valence-corrected chi connectivity index (χ4v) is 4.25. The Kier molecular flexibility index (Phi) is 6.25. The van der Waals surface area contributed by atoms with Crippen LogP contribution in [0.25, 0.3) is 21.8 Å². The van der Waals surface area contributed by atoms with Crippen molar-refractivity contribution in [3.63, 3.8) is 0 Å². The van der Waals surface area contributed by atoms with Gasteiger partial charge in [0.05, 0.1) is 5.52 Å². The van der Waals surface area contributed by atoms with E-state index in [4.69, 9.17) is 15.2 Å². The highest BCUT2D eigenvalue weighted by Crippen LogP contribution is 2.31. The Hall–Kier alpha value is -4.12. The van der Waals surface area contributed by atoms with E-state index in [-0.39, 0.29) is 0 Å². The second-order valence-electron chi connectivity index (χ2n) is 8.30. The molecule has 0 bridgehead atoms. The van der Waals surface area contributed by atoms with Crippen molar-refractivity contribution in [2.75, 3.05) is 18.9 Å². The average Bonchev–Trinajstić information content (AvgIpc) is 2.87. The van der Waals surface area contributed by atoms with Gasteiger partial charge in [0.2, 0.25) is 0 Å². The second-order valence-corrected chi connectivity index (χ2v) is 8.30. The molecule has 0 aliphatic rings. The molecule has 170 valence electrons. The van der Waals surface area contributed by atoms with E-state index >= 15 is 0 Å². The third-order valence-electron chi connectivity index (χ3n) is 6.07. The van der Waals surface area contributed by atoms with Gasteiger partial charge < -0.3 is 15.2 Å². The molecule has 2 heterocycles. The first-order chi connectivity index (χ1) is 16.7. The van der Waals surface area contributed by atoms with Crippen LogP contribution in [0.5, 0.6) is 11.5 Å². The molecule has 34 heavy (non-hydrogen) atoms. The maximum absolute atomic E-state index is 6.20. The number of aryl methyl sites for hydroxylation is 3. The number of hydrogen-bond acceptors (Lipinski definition) is 5. The predicted octanol–water partition coefficient (Wildman–Crippen LogP) is 5.92. The summed E-state index contributed by atoms with van der Waals surface area (Å²) in [5.41, 5.74) is 11.6. The van der Waals surface area contributed by atoms with Gasteiger partial charge in [-0.2, -0.15) is 0 Å².